The van der Waals surface area contributed by atoms with Crippen LogP contribution in [-0.4, -0.2) is 41.4 Å². The van der Waals surface area contributed by atoms with Crippen LogP contribution >= 0.6 is 47.1 Å². The first kappa shape index (κ1) is 22.3. The van der Waals surface area contributed by atoms with Gasteiger partial charge in [-0.3, -0.25) is 0 Å². The second kappa shape index (κ2) is 11.8. The molecule has 2 heterocycles. The van der Waals surface area contributed by atoms with Gasteiger partial charge in [0.2, 0.25) is 0 Å². The summed E-state index contributed by atoms with van der Waals surface area (Å²) >= 11 is 3.43. The first-order valence-electron chi connectivity index (χ1n) is 7.92. The lowest BCUT2D eigenvalue weighted by molar-refractivity contribution is 0.0437. The van der Waals surface area contributed by atoms with Crippen molar-refractivity contribution in [3.05, 3.63) is 35.7 Å². The molecular formula is C16H25IN4O2S2. The second-order valence-electron chi connectivity index (χ2n) is 5.37. The molecule has 0 aliphatic carbocycles. The molecule has 0 aliphatic heterocycles. The van der Waals surface area contributed by atoms with Gasteiger partial charge < -0.3 is 20.2 Å². The molecule has 3 N–H and O–H groups in total. The van der Waals surface area contributed by atoms with Crippen LogP contribution in [0, 0.1) is 0 Å². The fraction of sp³-hybridized carbons (Fsp3) is 0.500. The van der Waals surface area contributed by atoms with Crippen molar-refractivity contribution in [1.82, 2.24) is 15.6 Å². The highest BCUT2D eigenvalue weighted by Gasteiger charge is 2.25. The lowest BCUT2D eigenvalue weighted by Gasteiger charge is -2.19. The zero-order valence-electron chi connectivity index (χ0n) is 14.4. The minimum absolute atomic E-state index is 0. The predicted molar refractivity (Wildman–Crippen MR) is 115 cm³/mol. The van der Waals surface area contributed by atoms with Crippen LogP contribution < -0.4 is 10.6 Å². The van der Waals surface area contributed by atoms with Gasteiger partial charge in [-0.1, -0.05) is 11.8 Å². The first-order valence-corrected chi connectivity index (χ1v) is 9.79. The average Bonchev–Trinajstić information content (AvgIpc) is 3.25. The third-order valence-corrected chi connectivity index (χ3v) is 5.24. The maximum atomic E-state index is 10.4. The van der Waals surface area contributed by atoms with Gasteiger partial charge in [0.1, 0.15) is 15.7 Å². The summed E-state index contributed by atoms with van der Waals surface area (Å²) in [6.45, 7) is 5.52. The standard InChI is InChI=1S/C16H24N4O2S2.HI/c1-3-17-14(18-7-5-10-23-15-19-8-11-24-15)20-12-16(2,21)13-6-4-9-22-13;/h4,6,8-9,11,21H,3,5,7,10,12H2,1-2H3,(H2,17,18,20);1H. The molecule has 0 spiro atoms. The van der Waals surface area contributed by atoms with Gasteiger partial charge in [0.25, 0.3) is 0 Å². The molecule has 2 aromatic heterocycles. The topological polar surface area (TPSA) is 82.7 Å². The molecule has 1 atom stereocenters. The van der Waals surface area contributed by atoms with Gasteiger partial charge in [-0.15, -0.1) is 35.3 Å². The van der Waals surface area contributed by atoms with Crippen molar-refractivity contribution < 1.29 is 9.52 Å². The van der Waals surface area contributed by atoms with Gasteiger partial charge in [0.15, 0.2) is 5.96 Å². The molecule has 0 fully saturated rings. The molecule has 0 amide bonds. The Bertz CT molecular complexity index is 604. The number of hydrogen-bond acceptors (Lipinski definition) is 6. The number of nitrogens with zero attached hydrogens (tertiary/aromatic N) is 2. The molecular weight excluding hydrogens is 471 g/mol. The Morgan fingerprint density at radius 2 is 2.32 bits per heavy atom. The zero-order chi connectivity index (χ0) is 17.3. The van der Waals surface area contributed by atoms with E-state index in [0.29, 0.717) is 11.7 Å². The molecule has 0 radical (unpaired) electrons. The van der Waals surface area contributed by atoms with Gasteiger partial charge in [-0.05, 0) is 32.4 Å². The third kappa shape index (κ3) is 7.97. The molecule has 0 aromatic carbocycles. The van der Waals surface area contributed by atoms with E-state index in [-0.39, 0.29) is 30.5 Å². The van der Waals surface area contributed by atoms with Crippen molar-refractivity contribution in [3.8, 4) is 0 Å². The van der Waals surface area contributed by atoms with Crippen molar-refractivity contribution in [1.29, 1.82) is 0 Å². The predicted octanol–water partition coefficient (Wildman–Crippen LogP) is 3.30. The number of aliphatic hydroxyl groups is 1. The molecule has 25 heavy (non-hydrogen) atoms. The number of aromatic nitrogens is 1. The number of halogens is 1. The molecule has 0 saturated heterocycles. The molecule has 9 heteroatoms. The zero-order valence-corrected chi connectivity index (χ0v) is 18.4. The number of hydrogen-bond donors (Lipinski definition) is 3. The van der Waals surface area contributed by atoms with Crippen LogP contribution in [-0.2, 0) is 5.60 Å². The van der Waals surface area contributed by atoms with Crippen molar-refractivity contribution in [2.75, 3.05) is 25.4 Å². The van der Waals surface area contributed by atoms with Crippen molar-refractivity contribution >= 4 is 53.0 Å². The van der Waals surface area contributed by atoms with E-state index in [4.69, 9.17) is 4.42 Å². The monoisotopic (exact) mass is 496 g/mol. The van der Waals surface area contributed by atoms with E-state index in [2.05, 4.69) is 20.6 Å². The maximum Gasteiger partial charge on any atom is 0.191 e. The van der Waals surface area contributed by atoms with E-state index in [9.17, 15) is 5.11 Å². The Kier molecular flexibility index (Phi) is 10.5. The van der Waals surface area contributed by atoms with E-state index in [1.54, 1.807) is 48.4 Å². The first-order chi connectivity index (χ1) is 11.6. The number of rotatable bonds is 9. The van der Waals surface area contributed by atoms with Gasteiger partial charge >= 0.3 is 0 Å². The second-order valence-corrected chi connectivity index (χ2v) is 7.61. The summed E-state index contributed by atoms with van der Waals surface area (Å²) in [5.41, 5.74) is -1.12. The van der Waals surface area contributed by atoms with E-state index in [1.165, 1.54) is 0 Å². The van der Waals surface area contributed by atoms with Crippen LogP contribution in [0.1, 0.15) is 26.0 Å². The Balaban J connectivity index is 0.00000312. The number of guanidine groups is 1. The number of thioether (sulfide) groups is 1. The normalized spacial score (nSPS) is 13.8. The quantitative estimate of drug-likeness (QED) is 0.163. The van der Waals surface area contributed by atoms with Crippen LogP contribution in [0.5, 0.6) is 0 Å². The molecule has 0 aliphatic rings. The van der Waals surface area contributed by atoms with Crippen LogP contribution in [0.25, 0.3) is 0 Å². The Labute approximate surface area is 173 Å². The largest absolute Gasteiger partial charge is 0.466 e. The molecule has 0 saturated carbocycles. The Morgan fingerprint density at radius 1 is 1.48 bits per heavy atom. The number of aliphatic imine (C=N–C) groups is 1. The van der Waals surface area contributed by atoms with E-state index >= 15 is 0 Å². The molecule has 2 aromatic rings. The fourth-order valence-corrected chi connectivity index (χ4v) is 3.61. The SMILES string of the molecule is CCNC(=NCC(C)(O)c1ccco1)NCCCSc1nccs1.I. The highest BCUT2D eigenvalue weighted by atomic mass is 127. The van der Waals surface area contributed by atoms with Crippen LogP contribution in [0.3, 0.4) is 0 Å². The summed E-state index contributed by atoms with van der Waals surface area (Å²) in [4.78, 5) is 8.70. The molecule has 2 rings (SSSR count). The molecule has 1 unspecified atom stereocenters. The highest BCUT2D eigenvalue weighted by molar-refractivity contribution is 14.0. The number of nitrogens with one attached hydrogen (secondary N) is 2. The van der Waals surface area contributed by atoms with Crippen LogP contribution in [0.4, 0.5) is 0 Å². The molecule has 6 nitrogen and oxygen atoms in total. The summed E-state index contributed by atoms with van der Waals surface area (Å²) < 4.78 is 6.37. The summed E-state index contributed by atoms with van der Waals surface area (Å²) in [6.07, 6.45) is 4.38. The molecule has 140 valence electrons. The van der Waals surface area contributed by atoms with Gasteiger partial charge in [0, 0.05) is 30.4 Å². The number of furan rings is 1. The lowest BCUT2D eigenvalue weighted by Crippen LogP contribution is -2.39. The minimum atomic E-state index is -1.12. The third-order valence-electron chi connectivity index (χ3n) is 3.19. The molecule has 0 bridgehead atoms. The lowest BCUT2D eigenvalue weighted by atomic mass is 10.0. The van der Waals surface area contributed by atoms with Crippen molar-refractivity contribution in [3.63, 3.8) is 0 Å². The minimum Gasteiger partial charge on any atom is -0.466 e. The summed E-state index contributed by atoms with van der Waals surface area (Å²) in [6, 6.07) is 3.52. The Hall–Kier alpha value is -0.780. The van der Waals surface area contributed by atoms with Gasteiger partial charge in [-0.25, -0.2) is 9.98 Å². The van der Waals surface area contributed by atoms with E-state index in [0.717, 1.165) is 29.6 Å². The number of thiazole rings is 1. The van der Waals surface area contributed by atoms with Crippen molar-refractivity contribution in [2.45, 2.75) is 30.2 Å². The highest BCUT2D eigenvalue weighted by Crippen LogP contribution is 2.21. The smallest absolute Gasteiger partial charge is 0.191 e. The summed E-state index contributed by atoms with van der Waals surface area (Å²) in [5.74, 6) is 2.22. The summed E-state index contributed by atoms with van der Waals surface area (Å²) in [7, 11) is 0. The van der Waals surface area contributed by atoms with Crippen LogP contribution in [0.2, 0.25) is 0 Å². The fourth-order valence-electron chi connectivity index (χ4n) is 1.96. The van der Waals surface area contributed by atoms with Crippen molar-refractivity contribution in [2.24, 2.45) is 4.99 Å². The van der Waals surface area contributed by atoms with E-state index in [1.807, 2.05) is 18.5 Å². The van der Waals surface area contributed by atoms with Crippen LogP contribution in [0.15, 0.2) is 43.7 Å². The maximum absolute atomic E-state index is 10.4. The summed E-state index contributed by atoms with van der Waals surface area (Å²) in [5, 5.41) is 18.9. The van der Waals surface area contributed by atoms with Gasteiger partial charge in [-0.2, -0.15) is 0 Å². The van der Waals surface area contributed by atoms with Gasteiger partial charge in [0.05, 0.1) is 12.8 Å². The van der Waals surface area contributed by atoms with E-state index < -0.39 is 5.60 Å². The average molecular weight is 496 g/mol. The Morgan fingerprint density at radius 3 is 2.96 bits per heavy atom.